The highest BCUT2D eigenvalue weighted by molar-refractivity contribution is 5.77. The zero-order valence-electron chi connectivity index (χ0n) is 14.7. The van der Waals surface area contributed by atoms with Crippen LogP contribution < -0.4 is 10.5 Å². The van der Waals surface area contributed by atoms with Crippen molar-refractivity contribution in [2.75, 3.05) is 31.1 Å². The minimum absolute atomic E-state index is 0.126. The number of aromatic nitrogens is 2. The number of fused-ring (bicyclic) bond motifs is 1. The van der Waals surface area contributed by atoms with Crippen LogP contribution in [-0.4, -0.2) is 41.0 Å². The molecule has 0 bridgehead atoms. The van der Waals surface area contributed by atoms with E-state index in [9.17, 15) is 14.4 Å². The molecule has 1 fully saturated rings. The van der Waals surface area contributed by atoms with Crippen LogP contribution in [0.25, 0.3) is 10.9 Å². The Kier molecular flexibility index (Phi) is 4.57. The molecule has 1 N–H and O–H groups in total. The van der Waals surface area contributed by atoms with Crippen molar-refractivity contribution >= 4 is 16.6 Å². The van der Waals surface area contributed by atoms with Crippen molar-refractivity contribution in [3.05, 3.63) is 70.0 Å². The second-order valence-electron chi connectivity index (χ2n) is 6.57. The monoisotopic (exact) mass is 363 g/mol. The highest BCUT2D eigenvalue weighted by Gasteiger charge is 2.20. The number of aromatic amines is 1. The smallest absolute Gasteiger partial charge is 0.258 e. The molecule has 0 atom stereocenters. The van der Waals surface area contributed by atoms with Crippen LogP contribution in [0.5, 0.6) is 0 Å². The van der Waals surface area contributed by atoms with Crippen LogP contribution in [0.15, 0.2) is 47.3 Å². The van der Waals surface area contributed by atoms with Crippen molar-refractivity contribution in [3.63, 3.8) is 0 Å². The number of rotatable bonds is 3. The average molecular weight is 363 g/mol. The Balaban J connectivity index is 1.46. The SMILES string of the molecule is N#Cc1cc(F)ccc1N1CCN(Cc2nc3ccccc3c(=O)[nH]2)CC1. The summed E-state index contributed by atoms with van der Waals surface area (Å²) in [5, 5.41) is 9.83. The minimum atomic E-state index is -0.403. The van der Waals surface area contributed by atoms with Gasteiger partial charge in [-0.2, -0.15) is 5.26 Å². The summed E-state index contributed by atoms with van der Waals surface area (Å²) >= 11 is 0. The van der Waals surface area contributed by atoms with Gasteiger partial charge in [-0.15, -0.1) is 0 Å². The van der Waals surface area contributed by atoms with Gasteiger partial charge in [0.1, 0.15) is 17.7 Å². The largest absolute Gasteiger partial charge is 0.368 e. The van der Waals surface area contributed by atoms with E-state index in [2.05, 4.69) is 25.8 Å². The number of hydrogen-bond donors (Lipinski definition) is 1. The molecule has 27 heavy (non-hydrogen) atoms. The van der Waals surface area contributed by atoms with Crippen LogP contribution in [0.3, 0.4) is 0 Å². The lowest BCUT2D eigenvalue weighted by molar-refractivity contribution is 0.244. The normalized spacial score (nSPS) is 15.0. The van der Waals surface area contributed by atoms with Crippen molar-refractivity contribution in [2.24, 2.45) is 0 Å². The van der Waals surface area contributed by atoms with E-state index in [4.69, 9.17) is 0 Å². The van der Waals surface area contributed by atoms with Crippen molar-refractivity contribution in [2.45, 2.75) is 6.54 Å². The Labute approximate surface area is 155 Å². The Morgan fingerprint density at radius 3 is 2.70 bits per heavy atom. The topological polar surface area (TPSA) is 76.0 Å². The molecule has 1 saturated heterocycles. The summed E-state index contributed by atoms with van der Waals surface area (Å²) in [6, 6.07) is 13.7. The van der Waals surface area contributed by atoms with Gasteiger partial charge >= 0.3 is 0 Å². The number of H-pyrrole nitrogens is 1. The van der Waals surface area contributed by atoms with Gasteiger partial charge in [-0.25, -0.2) is 9.37 Å². The fraction of sp³-hybridized carbons (Fsp3) is 0.250. The van der Waals surface area contributed by atoms with Crippen LogP contribution in [0.4, 0.5) is 10.1 Å². The summed E-state index contributed by atoms with van der Waals surface area (Å²) in [5.41, 5.74) is 1.68. The summed E-state index contributed by atoms with van der Waals surface area (Å²) in [4.78, 5) is 23.9. The van der Waals surface area contributed by atoms with Gasteiger partial charge in [0.15, 0.2) is 0 Å². The van der Waals surface area contributed by atoms with E-state index >= 15 is 0 Å². The number of nitriles is 1. The first-order chi connectivity index (χ1) is 13.1. The fourth-order valence-corrected chi connectivity index (χ4v) is 3.44. The molecule has 2 aromatic carbocycles. The van der Waals surface area contributed by atoms with Gasteiger partial charge in [0.05, 0.1) is 28.7 Å². The van der Waals surface area contributed by atoms with E-state index in [0.717, 1.165) is 31.9 Å². The number of anilines is 1. The molecule has 1 aliphatic heterocycles. The van der Waals surface area contributed by atoms with E-state index < -0.39 is 5.82 Å². The number of nitrogens with one attached hydrogen (secondary N) is 1. The first kappa shape index (κ1) is 17.2. The number of hydrogen-bond acceptors (Lipinski definition) is 5. The molecule has 7 heteroatoms. The van der Waals surface area contributed by atoms with Crippen LogP contribution in [-0.2, 0) is 6.54 Å². The van der Waals surface area contributed by atoms with Gasteiger partial charge in [0.2, 0.25) is 0 Å². The summed E-state index contributed by atoms with van der Waals surface area (Å²) < 4.78 is 13.3. The van der Waals surface area contributed by atoms with Gasteiger partial charge in [-0.3, -0.25) is 9.69 Å². The molecule has 4 rings (SSSR count). The zero-order valence-corrected chi connectivity index (χ0v) is 14.7. The number of nitrogens with zero attached hydrogens (tertiary/aromatic N) is 4. The number of halogens is 1. The Bertz CT molecular complexity index is 1080. The standard InChI is InChI=1S/C20H18FN5O/c21-15-5-6-18(14(11-15)12-22)26-9-7-25(8-10-26)13-19-23-17-4-2-1-3-16(17)20(27)24-19/h1-6,11H,7-10,13H2,(H,23,24,27). The zero-order chi connectivity index (χ0) is 18.8. The van der Waals surface area contributed by atoms with Crippen LogP contribution in [0.2, 0.25) is 0 Å². The quantitative estimate of drug-likeness (QED) is 0.772. The molecule has 2 heterocycles. The highest BCUT2D eigenvalue weighted by Crippen LogP contribution is 2.22. The van der Waals surface area contributed by atoms with E-state index in [1.54, 1.807) is 12.1 Å². The summed E-state index contributed by atoms with van der Waals surface area (Å²) in [7, 11) is 0. The lowest BCUT2D eigenvalue weighted by Gasteiger charge is -2.36. The van der Waals surface area contributed by atoms with Crippen LogP contribution in [0, 0.1) is 17.1 Å². The molecule has 136 valence electrons. The van der Waals surface area contributed by atoms with Crippen LogP contribution in [0.1, 0.15) is 11.4 Å². The summed E-state index contributed by atoms with van der Waals surface area (Å²) in [6.45, 7) is 3.52. The number of benzene rings is 2. The second-order valence-corrected chi connectivity index (χ2v) is 6.57. The van der Waals surface area contributed by atoms with Crippen molar-refractivity contribution < 1.29 is 4.39 Å². The first-order valence-corrected chi connectivity index (χ1v) is 8.79. The van der Waals surface area contributed by atoms with E-state index in [1.807, 2.05) is 18.2 Å². The molecule has 1 aliphatic rings. The molecular weight excluding hydrogens is 345 g/mol. The first-order valence-electron chi connectivity index (χ1n) is 8.79. The Morgan fingerprint density at radius 1 is 1.15 bits per heavy atom. The molecule has 0 aliphatic carbocycles. The molecule has 3 aromatic rings. The molecule has 0 radical (unpaired) electrons. The van der Waals surface area contributed by atoms with Gasteiger partial charge in [-0.1, -0.05) is 12.1 Å². The Morgan fingerprint density at radius 2 is 1.93 bits per heavy atom. The lowest BCUT2D eigenvalue weighted by atomic mass is 10.1. The number of piperazine rings is 1. The molecule has 6 nitrogen and oxygen atoms in total. The molecule has 0 saturated carbocycles. The molecule has 0 spiro atoms. The maximum atomic E-state index is 13.3. The summed E-state index contributed by atoms with van der Waals surface area (Å²) in [6.07, 6.45) is 0. The third kappa shape index (κ3) is 3.52. The Hall–Kier alpha value is -3.24. The highest BCUT2D eigenvalue weighted by atomic mass is 19.1. The third-order valence-electron chi connectivity index (χ3n) is 4.83. The summed E-state index contributed by atoms with van der Waals surface area (Å²) in [5.74, 6) is 0.243. The van der Waals surface area contributed by atoms with Gasteiger partial charge < -0.3 is 9.88 Å². The van der Waals surface area contributed by atoms with Gasteiger partial charge in [0, 0.05) is 26.2 Å². The maximum Gasteiger partial charge on any atom is 0.258 e. The van der Waals surface area contributed by atoms with Crippen molar-refractivity contribution in [3.8, 4) is 6.07 Å². The predicted octanol–water partition coefficient (Wildman–Crippen LogP) is 2.26. The van der Waals surface area contributed by atoms with Crippen LogP contribution >= 0.6 is 0 Å². The third-order valence-corrected chi connectivity index (χ3v) is 4.83. The van der Waals surface area contributed by atoms with Gasteiger partial charge in [-0.05, 0) is 30.3 Å². The number of para-hydroxylation sites is 1. The second kappa shape index (κ2) is 7.17. The van der Waals surface area contributed by atoms with E-state index in [0.29, 0.717) is 28.8 Å². The van der Waals surface area contributed by atoms with E-state index in [-0.39, 0.29) is 5.56 Å². The van der Waals surface area contributed by atoms with Crippen molar-refractivity contribution in [1.29, 1.82) is 5.26 Å². The molecule has 0 amide bonds. The van der Waals surface area contributed by atoms with Gasteiger partial charge in [0.25, 0.3) is 5.56 Å². The van der Waals surface area contributed by atoms with Crippen molar-refractivity contribution in [1.82, 2.24) is 14.9 Å². The molecule has 0 unspecified atom stereocenters. The predicted molar refractivity (Wildman–Crippen MR) is 101 cm³/mol. The van der Waals surface area contributed by atoms with E-state index in [1.165, 1.54) is 12.1 Å². The molecule has 1 aromatic heterocycles. The average Bonchev–Trinajstić information content (AvgIpc) is 2.69. The molecular formula is C20H18FN5O. The minimum Gasteiger partial charge on any atom is -0.368 e. The maximum absolute atomic E-state index is 13.3. The lowest BCUT2D eigenvalue weighted by Crippen LogP contribution is -2.46. The fourth-order valence-electron chi connectivity index (χ4n) is 3.44.